The second-order valence-electron chi connectivity index (χ2n) is 6.89. The van der Waals surface area contributed by atoms with Gasteiger partial charge in [0.15, 0.2) is 17.2 Å². The number of aromatic amines is 1. The number of nitrogens with zero attached hydrogens (tertiary/aromatic N) is 1. The molecular formula is C24H21N3O4. The first-order valence-electron chi connectivity index (χ1n) is 9.75. The molecule has 0 spiro atoms. The van der Waals surface area contributed by atoms with Crippen LogP contribution in [-0.2, 0) is 13.2 Å². The Balaban J connectivity index is 1.46. The van der Waals surface area contributed by atoms with E-state index in [2.05, 4.69) is 15.5 Å². The summed E-state index contributed by atoms with van der Waals surface area (Å²) >= 11 is 0. The highest BCUT2D eigenvalue weighted by atomic mass is 16.5. The molecule has 0 saturated carbocycles. The van der Waals surface area contributed by atoms with E-state index in [1.807, 2.05) is 48.5 Å². The van der Waals surface area contributed by atoms with Crippen LogP contribution in [0.3, 0.4) is 0 Å². The lowest BCUT2D eigenvalue weighted by atomic mass is 10.1. The predicted molar refractivity (Wildman–Crippen MR) is 117 cm³/mol. The lowest BCUT2D eigenvalue weighted by Crippen LogP contribution is -2.26. The van der Waals surface area contributed by atoms with Gasteiger partial charge in [-0.05, 0) is 29.3 Å². The van der Waals surface area contributed by atoms with Crippen molar-refractivity contribution in [1.29, 1.82) is 0 Å². The van der Waals surface area contributed by atoms with Crippen molar-refractivity contribution in [2.45, 2.75) is 13.2 Å². The maximum absolute atomic E-state index is 12.7. The third-order valence-electron chi connectivity index (χ3n) is 4.83. The number of nitrogens with one attached hydrogen (secondary N) is 2. The minimum Gasteiger partial charge on any atom is -0.493 e. The van der Waals surface area contributed by atoms with E-state index < -0.39 is 0 Å². The van der Waals surface area contributed by atoms with Crippen molar-refractivity contribution in [1.82, 2.24) is 15.5 Å². The molecule has 4 aromatic rings. The third kappa shape index (κ3) is 4.56. The molecule has 7 nitrogen and oxygen atoms in total. The Morgan fingerprint density at radius 1 is 0.935 bits per heavy atom. The molecule has 1 amide bonds. The fraction of sp³-hybridized carbons (Fsp3) is 0.125. The molecule has 1 aromatic heterocycles. The summed E-state index contributed by atoms with van der Waals surface area (Å²) in [6.07, 6.45) is 0. The van der Waals surface area contributed by atoms with E-state index in [1.165, 1.54) is 0 Å². The number of benzene rings is 3. The summed E-state index contributed by atoms with van der Waals surface area (Å²) in [6, 6.07) is 22.2. The van der Waals surface area contributed by atoms with Gasteiger partial charge in [-0.3, -0.25) is 9.59 Å². The fourth-order valence-corrected chi connectivity index (χ4v) is 3.23. The van der Waals surface area contributed by atoms with Crippen molar-refractivity contribution < 1.29 is 14.3 Å². The van der Waals surface area contributed by atoms with E-state index in [9.17, 15) is 9.59 Å². The lowest BCUT2D eigenvalue weighted by Gasteiger charge is -2.13. The van der Waals surface area contributed by atoms with E-state index >= 15 is 0 Å². The first-order valence-corrected chi connectivity index (χ1v) is 9.75. The van der Waals surface area contributed by atoms with Gasteiger partial charge in [0.25, 0.3) is 11.5 Å². The zero-order chi connectivity index (χ0) is 21.6. The Morgan fingerprint density at radius 3 is 2.45 bits per heavy atom. The molecule has 31 heavy (non-hydrogen) atoms. The van der Waals surface area contributed by atoms with Crippen LogP contribution in [0, 0.1) is 0 Å². The molecule has 3 aromatic carbocycles. The van der Waals surface area contributed by atoms with Crippen molar-refractivity contribution in [3.05, 3.63) is 100.0 Å². The van der Waals surface area contributed by atoms with Crippen LogP contribution in [0.15, 0.2) is 77.6 Å². The quantitative estimate of drug-likeness (QED) is 0.482. The summed E-state index contributed by atoms with van der Waals surface area (Å²) in [5.74, 6) is 0.820. The predicted octanol–water partition coefficient (Wildman–Crippen LogP) is 3.44. The SMILES string of the molecule is COc1cc(CNC(=O)c2n[nH]c(=O)c3ccccc23)ccc1OCc1ccccc1. The van der Waals surface area contributed by atoms with Gasteiger partial charge in [0.1, 0.15) is 6.61 Å². The van der Waals surface area contributed by atoms with Gasteiger partial charge in [-0.1, -0.05) is 54.6 Å². The van der Waals surface area contributed by atoms with Gasteiger partial charge in [0.05, 0.1) is 12.5 Å². The number of H-pyrrole nitrogens is 1. The van der Waals surface area contributed by atoms with Gasteiger partial charge in [-0.25, -0.2) is 5.10 Å². The Bertz CT molecular complexity index is 1270. The van der Waals surface area contributed by atoms with E-state index in [-0.39, 0.29) is 23.7 Å². The van der Waals surface area contributed by atoms with Gasteiger partial charge >= 0.3 is 0 Å². The largest absolute Gasteiger partial charge is 0.493 e. The van der Waals surface area contributed by atoms with Crippen LogP contribution in [0.1, 0.15) is 21.6 Å². The molecule has 0 radical (unpaired) electrons. The number of carbonyl (C=O) groups is 1. The minimum atomic E-state index is -0.379. The minimum absolute atomic E-state index is 0.171. The Hall–Kier alpha value is -4.13. The molecule has 0 fully saturated rings. The topological polar surface area (TPSA) is 93.3 Å². The average Bonchev–Trinajstić information content (AvgIpc) is 2.82. The molecule has 0 aliphatic rings. The van der Waals surface area contributed by atoms with Crippen LogP contribution in [0.5, 0.6) is 11.5 Å². The number of aromatic nitrogens is 2. The number of amides is 1. The summed E-state index contributed by atoms with van der Waals surface area (Å²) in [6.45, 7) is 0.696. The van der Waals surface area contributed by atoms with Gasteiger partial charge in [0, 0.05) is 11.9 Å². The zero-order valence-electron chi connectivity index (χ0n) is 16.9. The molecule has 0 unspecified atom stereocenters. The summed E-state index contributed by atoms with van der Waals surface area (Å²) in [5.41, 5.74) is 1.74. The normalized spacial score (nSPS) is 10.6. The fourth-order valence-electron chi connectivity index (χ4n) is 3.23. The summed E-state index contributed by atoms with van der Waals surface area (Å²) in [4.78, 5) is 24.6. The zero-order valence-corrected chi connectivity index (χ0v) is 16.9. The number of methoxy groups -OCH3 is 1. The van der Waals surface area contributed by atoms with Crippen molar-refractivity contribution in [2.75, 3.05) is 7.11 Å². The molecule has 0 aliphatic carbocycles. The maximum atomic E-state index is 12.7. The van der Waals surface area contributed by atoms with Crippen LogP contribution >= 0.6 is 0 Å². The monoisotopic (exact) mass is 415 g/mol. The Kier molecular flexibility index (Phi) is 5.93. The molecule has 0 aliphatic heterocycles. The van der Waals surface area contributed by atoms with Gasteiger partial charge in [-0.2, -0.15) is 5.10 Å². The van der Waals surface area contributed by atoms with Gasteiger partial charge in [-0.15, -0.1) is 0 Å². The average molecular weight is 415 g/mol. The van der Waals surface area contributed by atoms with Gasteiger partial charge in [0.2, 0.25) is 0 Å². The van der Waals surface area contributed by atoms with E-state index in [1.54, 1.807) is 31.4 Å². The number of hydrogen-bond donors (Lipinski definition) is 2. The molecule has 1 heterocycles. The standard InChI is InChI=1S/C24H21N3O4/c1-30-21-13-17(11-12-20(21)31-15-16-7-3-2-4-8-16)14-25-24(29)22-18-9-5-6-10-19(18)23(28)27-26-22/h2-13H,14-15H2,1H3,(H,25,29)(H,27,28). The lowest BCUT2D eigenvalue weighted by molar-refractivity contribution is 0.0946. The molecule has 0 atom stereocenters. The number of carbonyl (C=O) groups excluding carboxylic acids is 1. The molecule has 7 heteroatoms. The molecule has 2 N–H and O–H groups in total. The van der Waals surface area contributed by atoms with Crippen LogP contribution in [0.4, 0.5) is 0 Å². The highest BCUT2D eigenvalue weighted by Gasteiger charge is 2.14. The highest BCUT2D eigenvalue weighted by Crippen LogP contribution is 2.29. The van der Waals surface area contributed by atoms with Crippen molar-refractivity contribution in [2.24, 2.45) is 0 Å². The maximum Gasteiger partial charge on any atom is 0.272 e. The van der Waals surface area contributed by atoms with Crippen LogP contribution in [0.2, 0.25) is 0 Å². The van der Waals surface area contributed by atoms with E-state index in [4.69, 9.17) is 9.47 Å². The number of ether oxygens (including phenoxy) is 2. The van der Waals surface area contributed by atoms with Gasteiger partial charge < -0.3 is 14.8 Å². The van der Waals surface area contributed by atoms with Crippen LogP contribution in [0.25, 0.3) is 10.8 Å². The van der Waals surface area contributed by atoms with E-state index in [0.29, 0.717) is 28.9 Å². The molecular weight excluding hydrogens is 394 g/mol. The number of rotatable bonds is 7. The summed E-state index contributed by atoms with van der Waals surface area (Å²) < 4.78 is 11.3. The third-order valence-corrected chi connectivity index (χ3v) is 4.83. The summed E-state index contributed by atoms with van der Waals surface area (Å²) in [5, 5.41) is 10.1. The van der Waals surface area contributed by atoms with Crippen molar-refractivity contribution >= 4 is 16.7 Å². The molecule has 4 rings (SSSR count). The first kappa shape index (κ1) is 20.2. The Labute approximate surface area is 178 Å². The van der Waals surface area contributed by atoms with Crippen molar-refractivity contribution in [3.8, 4) is 11.5 Å². The van der Waals surface area contributed by atoms with E-state index in [0.717, 1.165) is 11.1 Å². The second-order valence-corrected chi connectivity index (χ2v) is 6.89. The Morgan fingerprint density at radius 2 is 1.68 bits per heavy atom. The number of fused-ring (bicyclic) bond motifs is 1. The molecule has 0 bridgehead atoms. The van der Waals surface area contributed by atoms with Crippen molar-refractivity contribution in [3.63, 3.8) is 0 Å². The highest BCUT2D eigenvalue weighted by molar-refractivity contribution is 6.04. The summed E-state index contributed by atoms with van der Waals surface area (Å²) in [7, 11) is 1.57. The first-order chi connectivity index (χ1) is 15.2. The van der Waals surface area contributed by atoms with Crippen LogP contribution < -0.4 is 20.3 Å². The number of hydrogen-bond acceptors (Lipinski definition) is 5. The molecule has 156 valence electrons. The smallest absolute Gasteiger partial charge is 0.272 e. The van der Waals surface area contributed by atoms with Crippen LogP contribution in [-0.4, -0.2) is 23.2 Å². The molecule has 0 saturated heterocycles. The second kappa shape index (κ2) is 9.13.